The first-order chi connectivity index (χ1) is 17.4. The molecule has 2 aliphatic heterocycles. The Balaban J connectivity index is 1.67. The van der Waals surface area contributed by atoms with Crippen LogP contribution in [0.5, 0.6) is 11.5 Å². The maximum atomic E-state index is 13.5. The Hall–Kier alpha value is -3.11. The Morgan fingerprint density at radius 1 is 1.14 bits per heavy atom. The summed E-state index contributed by atoms with van der Waals surface area (Å²) < 4.78 is 5.17. The van der Waals surface area contributed by atoms with Crippen molar-refractivity contribution in [1.82, 2.24) is 9.80 Å². The highest BCUT2D eigenvalue weighted by atomic mass is 35.5. The van der Waals surface area contributed by atoms with Gasteiger partial charge in [-0.05, 0) is 24.8 Å². The van der Waals surface area contributed by atoms with E-state index in [0.29, 0.717) is 11.3 Å². The summed E-state index contributed by atoms with van der Waals surface area (Å²) in [6.45, 7) is -0.267. The molecular weight excluding hydrogens is 527 g/mol. The fraction of sp³-hybridized carbons (Fsp3) is 0.480. The van der Waals surface area contributed by atoms with E-state index in [2.05, 4.69) is 0 Å². The average molecular weight is 551 g/mol. The van der Waals surface area contributed by atoms with Crippen molar-refractivity contribution >= 4 is 52.8 Å². The molecule has 4 aliphatic rings. The smallest absolute Gasteiger partial charge is 0.305 e. The number of methoxy groups -OCH3 is 1. The number of phenols is 1. The number of carboxylic acid groups (broad SMARTS) is 1. The summed E-state index contributed by atoms with van der Waals surface area (Å²) in [6.07, 6.45) is 1.31. The molecule has 0 spiro atoms. The number of aliphatic carboxylic acids is 1. The minimum absolute atomic E-state index is 0.151. The van der Waals surface area contributed by atoms with Gasteiger partial charge in [0.25, 0.3) is 11.8 Å². The van der Waals surface area contributed by atoms with Crippen LogP contribution in [-0.2, 0) is 24.0 Å². The summed E-state index contributed by atoms with van der Waals surface area (Å²) in [5.41, 5.74) is 0.761. The van der Waals surface area contributed by atoms with Gasteiger partial charge in [0.1, 0.15) is 11.5 Å². The van der Waals surface area contributed by atoms with E-state index in [4.69, 9.17) is 33.0 Å². The van der Waals surface area contributed by atoms with Crippen LogP contribution in [0.25, 0.3) is 0 Å². The molecule has 1 aromatic rings. The number of halogens is 2. The minimum Gasteiger partial charge on any atom is -0.508 e. The zero-order valence-corrected chi connectivity index (χ0v) is 21.5. The summed E-state index contributed by atoms with van der Waals surface area (Å²) in [4.78, 5) is 62.4. The number of ether oxygens (including phenoxy) is 1. The predicted molar refractivity (Wildman–Crippen MR) is 129 cm³/mol. The van der Waals surface area contributed by atoms with Gasteiger partial charge in [0, 0.05) is 31.1 Å². The Bertz CT molecular complexity index is 1300. The van der Waals surface area contributed by atoms with Crippen molar-refractivity contribution in [2.24, 2.45) is 17.8 Å². The first kappa shape index (κ1) is 25.5. The molecule has 0 unspecified atom stereocenters. The van der Waals surface area contributed by atoms with Gasteiger partial charge in [0.05, 0.1) is 25.4 Å². The number of likely N-dealkylation sites (tertiary alicyclic amines) is 2. The fourth-order valence-corrected chi connectivity index (χ4v) is 7.49. The van der Waals surface area contributed by atoms with Gasteiger partial charge in [-0.3, -0.25) is 33.8 Å². The third-order valence-electron chi connectivity index (χ3n) is 8.20. The zero-order valence-electron chi connectivity index (χ0n) is 19.9. The Morgan fingerprint density at radius 3 is 2.46 bits per heavy atom. The van der Waals surface area contributed by atoms with E-state index in [0.717, 1.165) is 9.80 Å². The molecule has 0 bridgehead atoms. The second-order valence-corrected chi connectivity index (χ2v) is 11.1. The number of benzene rings is 1. The Labute approximate surface area is 221 Å². The lowest BCUT2D eigenvalue weighted by Crippen LogP contribution is -2.60. The van der Waals surface area contributed by atoms with E-state index in [1.54, 1.807) is 12.1 Å². The summed E-state index contributed by atoms with van der Waals surface area (Å²) in [7, 11) is 2.70. The van der Waals surface area contributed by atoms with Crippen molar-refractivity contribution < 1.29 is 38.9 Å². The summed E-state index contributed by atoms with van der Waals surface area (Å²) in [5.74, 6) is -7.01. The van der Waals surface area contributed by atoms with Gasteiger partial charge in [0.2, 0.25) is 11.8 Å². The van der Waals surface area contributed by atoms with Crippen molar-refractivity contribution in [3.05, 3.63) is 35.4 Å². The molecule has 2 heterocycles. The van der Waals surface area contributed by atoms with Crippen LogP contribution in [-0.4, -0.2) is 80.1 Å². The molecule has 5 rings (SSSR count). The molecule has 196 valence electrons. The van der Waals surface area contributed by atoms with E-state index >= 15 is 0 Å². The zero-order chi connectivity index (χ0) is 27.0. The summed E-state index contributed by atoms with van der Waals surface area (Å²) in [6, 6.07) is 4.46. The number of allylic oxidation sites excluding steroid dienone is 2. The minimum atomic E-state index is -2.00. The Kier molecular flexibility index (Phi) is 5.84. The van der Waals surface area contributed by atoms with Crippen LogP contribution in [0.15, 0.2) is 29.8 Å². The molecule has 1 saturated carbocycles. The predicted octanol–water partition coefficient (Wildman–Crippen LogP) is 1.86. The van der Waals surface area contributed by atoms with E-state index < -0.39 is 69.4 Å². The number of aromatic hydroxyl groups is 1. The molecule has 0 radical (unpaired) electrons. The van der Waals surface area contributed by atoms with Gasteiger partial charge in [-0.15, -0.1) is 23.2 Å². The van der Waals surface area contributed by atoms with Crippen LogP contribution < -0.4 is 4.74 Å². The van der Waals surface area contributed by atoms with Crippen molar-refractivity contribution in [1.29, 1.82) is 0 Å². The van der Waals surface area contributed by atoms with Crippen LogP contribution in [0, 0.1) is 17.8 Å². The van der Waals surface area contributed by atoms with Crippen LogP contribution in [0.2, 0.25) is 0 Å². The second kappa shape index (κ2) is 8.46. The number of hydrogen-bond donors (Lipinski definition) is 2. The van der Waals surface area contributed by atoms with Crippen LogP contribution >= 0.6 is 23.2 Å². The average Bonchev–Trinajstić information content (AvgIpc) is 3.17. The number of carbonyl (C=O) groups is 5. The number of carboxylic acids is 1. The number of alkyl halides is 2. The lowest BCUT2D eigenvalue weighted by atomic mass is 9.56. The van der Waals surface area contributed by atoms with Gasteiger partial charge in [-0.25, -0.2) is 0 Å². The number of carbonyl (C=O) groups excluding carboxylic acids is 4. The van der Waals surface area contributed by atoms with E-state index in [1.165, 1.54) is 26.3 Å². The molecule has 2 N–H and O–H groups in total. The van der Waals surface area contributed by atoms with Crippen molar-refractivity contribution in [3.63, 3.8) is 0 Å². The molecule has 2 saturated heterocycles. The van der Waals surface area contributed by atoms with Gasteiger partial charge in [0.15, 0.2) is 9.75 Å². The highest BCUT2D eigenvalue weighted by Crippen LogP contribution is 2.66. The monoisotopic (exact) mass is 550 g/mol. The first-order valence-electron chi connectivity index (χ1n) is 11.7. The molecule has 4 amide bonds. The quantitative estimate of drug-likeness (QED) is 0.321. The van der Waals surface area contributed by atoms with Gasteiger partial charge < -0.3 is 14.9 Å². The first-order valence-corrected chi connectivity index (χ1v) is 12.5. The third-order valence-corrected chi connectivity index (χ3v) is 9.62. The lowest BCUT2D eigenvalue weighted by molar-refractivity contribution is -0.143. The van der Waals surface area contributed by atoms with Crippen LogP contribution in [0.1, 0.15) is 30.7 Å². The highest BCUT2D eigenvalue weighted by molar-refractivity contribution is 6.53. The van der Waals surface area contributed by atoms with E-state index in [9.17, 15) is 29.1 Å². The Morgan fingerprint density at radius 2 is 1.84 bits per heavy atom. The highest BCUT2D eigenvalue weighted by Gasteiger charge is 2.76. The molecule has 1 aromatic carbocycles. The van der Waals surface area contributed by atoms with Crippen molar-refractivity contribution in [2.45, 2.75) is 34.9 Å². The number of phenolic OH excluding ortho intramolecular Hbond substituents is 1. The standard InChI is InChI=1S/C25H24Cl2N2O8/c1-28-22(35)24(26)10-15-12(5-6-14-18(15)21(34)29(20(14)33)8-7-17(31)32)19(25(24,27)23(28)36)13-4-3-11(37-2)9-16(13)30/h3-5,9,14-15,18-19,30H,6-8,10H2,1-2H3,(H,31,32)/t14-,15+,18-,19+,24+,25-/m0/s1. The normalized spacial score (nSPS) is 34.8. The fourth-order valence-electron chi connectivity index (χ4n) is 6.48. The molecule has 10 nitrogen and oxygen atoms in total. The molecule has 37 heavy (non-hydrogen) atoms. The topological polar surface area (TPSA) is 142 Å². The van der Waals surface area contributed by atoms with E-state index in [1.807, 2.05) is 0 Å². The molecule has 3 fully saturated rings. The lowest BCUT2D eigenvalue weighted by Gasteiger charge is -2.50. The van der Waals surface area contributed by atoms with Gasteiger partial charge >= 0.3 is 5.97 Å². The molecular formula is C25H24Cl2N2O8. The van der Waals surface area contributed by atoms with Crippen LogP contribution in [0.3, 0.4) is 0 Å². The third kappa shape index (κ3) is 3.28. The number of amides is 4. The number of nitrogens with zero attached hydrogens (tertiary/aromatic N) is 2. The number of hydrogen-bond acceptors (Lipinski definition) is 7. The molecule has 0 aromatic heterocycles. The largest absolute Gasteiger partial charge is 0.508 e. The summed E-state index contributed by atoms with van der Waals surface area (Å²) in [5, 5.41) is 20.0. The van der Waals surface area contributed by atoms with Gasteiger partial charge in [-0.2, -0.15) is 0 Å². The maximum Gasteiger partial charge on any atom is 0.305 e. The van der Waals surface area contributed by atoms with Gasteiger partial charge in [-0.1, -0.05) is 17.7 Å². The molecule has 2 aliphatic carbocycles. The maximum absolute atomic E-state index is 13.5. The van der Waals surface area contributed by atoms with E-state index in [-0.39, 0.29) is 30.7 Å². The van der Waals surface area contributed by atoms with Crippen molar-refractivity contribution in [3.8, 4) is 11.5 Å². The molecule has 6 atom stereocenters. The number of fused-ring (bicyclic) bond motifs is 4. The van der Waals surface area contributed by atoms with Crippen LogP contribution in [0.4, 0.5) is 0 Å². The summed E-state index contributed by atoms with van der Waals surface area (Å²) >= 11 is 14.1. The second-order valence-electron chi connectivity index (χ2n) is 9.89. The SMILES string of the molecule is COc1ccc([C@H]2C3=CC[C@@H]4C(=O)N(CCC(=O)O)C(=O)[C@@H]4[C@@H]3C[C@@]3(Cl)C(=O)N(C)C(=O)[C@@]23Cl)c(O)c1. The van der Waals surface area contributed by atoms with Crippen molar-refractivity contribution in [2.75, 3.05) is 20.7 Å². The number of rotatable bonds is 5. The molecule has 12 heteroatoms. The number of imide groups is 2.